The minimum Gasteiger partial charge on any atom is -0.372 e. The van der Waals surface area contributed by atoms with Crippen molar-refractivity contribution in [1.29, 1.82) is 0 Å². The number of barbiturate groups is 1. The van der Waals surface area contributed by atoms with Crippen LogP contribution in [0.4, 0.5) is 21.9 Å². The quantitative estimate of drug-likeness (QED) is 0.360. The molecule has 30 heavy (non-hydrogen) atoms. The fraction of sp³-hybridized carbons (Fsp3) is 0.190. The number of imide groups is 2. The normalized spacial score (nSPS) is 15.4. The highest BCUT2D eigenvalue weighted by molar-refractivity contribution is 6.39. The predicted octanol–water partition coefficient (Wildman–Crippen LogP) is 2.94. The smallest absolute Gasteiger partial charge is 0.335 e. The van der Waals surface area contributed by atoms with Crippen LogP contribution in [0.3, 0.4) is 0 Å². The predicted molar refractivity (Wildman–Crippen MR) is 112 cm³/mol. The lowest BCUT2D eigenvalue weighted by molar-refractivity contribution is -0.384. The van der Waals surface area contributed by atoms with Crippen LogP contribution in [0, 0.1) is 24.0 Å². The summed E-state index contributed by atoms with van der Waals surface area (Å²) < 4.78 is 0. The number of rotatable bonds is 4. The molecule has 2 aromatic rings. The van der Waals surface area contributed by atoms with E-state index in [0.29, 0.717) is 22.5 Å². The average molecular weight is 408 g/mol. The summed E-state index contributed by atoms with van der Waals surface area (Å²) in [6.45, 7) is 3.64. The summed E-state index contributed by atoms with van der Waals surface area (Å²) in [7, 11) is 3.35. The molecule has 0 spiro atoms. The molecular formula is C21H20N4O5. The number of nitro groups is 1. The highest BCUT2D eigenvalue weighted by Gasteiger charge is 2.37. The Bertz CT molecular complexity index is 1120. The lowest BCUT2D eigenvalue weighted by atomic mass is 10.0. The molecule has 0 radical (unpaired) electrons. The van der Waals surface area contributed by atoms with Crippen molar-refractivity contribution in [2.75, 3.05) is 23.9 Å². The highest BCUT2D eigenvalue weighted by atomic mass is 16.6. The van der Waals surface area contributed by atoms with E-state index in [9.17, 15) is 24.5 Å². The van der Waals surface area contributed by atoms with Crippen molar-refractivity contribution in [1.82, 2.24) is 5.32 Å². The number of nitro benzene ring substituents is 1. The average Bonchev–Trinajstić information content (AvgIpc) is 2.66. The van der Waals surface area contributed by atoms with Crippen LogP contribution in [-0.2, 0) is 9.59 Å². The van der Waals surface area contributed by atoms with E-state index in [1.807, 2.05) is 13.0 Å². The lowest BCUT2D eigenvalue weighted by Gasteiger charge is -2.27. The number of anilines is 2. The number of nitrogens with zero attached hydrogens (tertiary/aromatic N) is 3. The van der Waals surface area contributed by atoms with Gasteiger partial charge in [0.2, 0.25) is 0 Å². The zero-order chi connectivity index (χ0) is 22.2. The van der Waals surface area contributed by atoms with E-state index in [1.165, 1.54) is 18.2 Å². The monoisotopic (exact) mass is 408 g/mol. The Balaban J connectivity index is 2.07. The number of aryl methyl sites for hydroxylation is 2. The summed E-state index contributed by atoms with van der Waals surface area (Å²) >= 11 is 0. The number of urea groups is 1. The molecule has 0 atom stereocenters. The maximum Gasteiger partial charge on any atom is 0.335 e. The first-order chi connectivity index (χ1) is 14.1. The van der Waals surface area contributed by atoms with Gasteiger partial charge in [0.15, 0.2) is 0 Å². The Hall–Kier alpha value is -4.01. The Morgan fingerprint density at radius 2 is 1.77 bits per heavy atom. The SMILES string of the molecule is Cc1ccc(N2C(=O)NC(=O)/C(=C\c3ccc(N(C)C)c([N+](=O)[O-])c3)C2=O)c(C)c1. The van der Waals surface area contributed by atoms with Crippen molar-refractivity contribution in [2.24, 2.45) is 0 Å². The van der Waals surface area contributed by atoms with Crippen LogP contribution in [0.15, 0.2) is 42.0 Å². The van der Waals surface area contributed by atoms with Crippen molar-refractivity contribution in [3.8, 4) is 0 Å². The molecule has 4 amide bonds. The van der Waals surface area contributed by atoms with Gasteiger partial charge in [0.1, 0.15) is 11.3 Å². The molecule has 0 unspecified atom stereocenters. The third kappa shape index (κ3) is 3.77. The number of benzene rings is 2. The second-order valence-electron chi connectivity index (χ2n) is 7.15. The first kappa shape index (κ1) is 20.7. The molecule has 9 nitrogen and oxygen atoms in total. The van der Waals surface area contributed by atoms with Crippen LogP contribution in [0.1, 0.15) is 16.7 Å². The van der Waals surface area contributed by atoms with Crippen LogP contribution in [0.5, 0.6) is 0 Å². The van der Waals surface area contributed by atoms with Gasteiger partial charge in [-0.25, -0.2) is 9.69 Å². The van der Waals surface area contributed by atoms with Gasteiger partial charge in [0, 0.05) is 20.2 Å². The third-order valence-electron chi connectivity index (χ3n) is 4.68. The Morgan fingerprint density at radius 1 is 1.07 bits per heavy atom. The number of amides is 4. The molecule has 0 bridgehead atoms. The third-order valence-corrected chi connectivity index (χ3v) is 4.68. The molecule has 0 saturated carbocycles. The van der Waals surface area contributed by atoms with Gasteiger partial charge < -0.3 is 4.90 Å². The second-order valence-corrected chi connectivity index (χ2v) is 7.15. The van der Waals surface area contributed by atoms with Gasteiger partial charge >= 0.3 is 6.03 Å². The van der Waals surface area contributed by atoms with Gasteiger partial charge in [0.05, 0.1) is 10.6 Å². The van der Waals surface area contributed by atoms with Crippen molar-refractivity contribution in [3.05, 3.63) is 68.8 Å². The molecule has 9 heteroatoms. The Labute approximate surface area is 172 Å². The van der Waals surface area contributed by atoms with E-state index < -0.39 is 22.8 Å². The summed E-state index contributed by atoms with van der Waals surface area (Å²) in [6, 6.07) is 8.73. The largest absolute Gasteiger partial charge is 0.372 e. The van der Waals surface area contributed by atoms with E-state index in [-0.39, 0.29) is 11.3 Å². The number of hydrogen-bond acceptors (Lipinski definition) is 6. The summed E-state index contributed by atoms with van der Waals surface area (Å²) in [5.41, 5.74) is 2.23. The first-order valence-corrected chi connectivity index (χ1v) is 9.04. The number of carbonyl (C=O) groups is 3. The molecule has 3 rings (SSSR count). The summed E-state index contributed by atoms with van der Waals surface area (Å²) in [6.07, 6.45) is 1.24. The number of hydrogen-bond donors (Lipinski definition) is 1. The maximum absolute atomic E-state index is 13.0. The molecule has 1 fully saturated rings. The van der Waals surface area contributed by atoms with Crippen LogP contribution in [-0.4, -0.2) is 36.9 Å². The lowest BCUT2D eigenvalue weighted by Crippen LogP contribution is -2.54. The second kappa shape index (κ2) is 7.78. The van der Waals surface area contributed by atoms with Crippen LogP contribution in [0.25, 0.3) is 6.08 Å². The Kier molecular flexibility index (Phi) is 5.37. The number of carbonyl (C=O) groups excluding carboxylic acids is 3. The Morgan fingerprint density at radius 3 is 2.37 bits per heavy atom. The van der Waals surface area contributed by atoms with Crippen molar-refractivity contribution < 1.29 is 19.3 Å². The zero-order valence-electron chi connectivity index (χ0n) is 16.9. The maximum atomic E-state index is 13.0. The molecule has 1 aliphatic rings. The molecule has 1 aliphatic heterocycles. The van der Waals surface area contributed by atoms with E-state index in [4.69, 9.17) is 0 Å². The molecule has 1 heterocycles. The van der Waals surface area contributed by atoms with Crippen LogP contribution in [0.2, 0.25) is 0 Å². The molecular weight excluding hydrogens is 388 g/mol. The van der Waals surface area contributed by atoms with E-state index >= 15 is 0 Å². The molecule has 2 aromatic carbocycles. The van der Waals surface area contributed by atoms with Gasteiger partial charge in [-0.15, -0.1) is 0 Å². The fourth-order valence-electron chi connectivity index (χ4n) is 3.25. The minimum absolute atomic E-state index is 0.166. The summed E-state index contributed by atoms with van der Waals surface area (Å²) in [5.74, 6) is -1.65. The number of nitrogens with one attached hydrogen (secondary N) is 1. The van der Waals surface area contributed by atoms with E-state index in [0.717, 1.165) is 10.5 Å². The topological polar surface area (TPSA) is 113 Å². The molecule has 1 saturated heterocycles. The first-order valence-electron chi connectivity index (χ1n) is 9.04. The van der Waals surface area contributed by atoms with Gasteiger partial charge in [-0.1, -0.05) is 23.8 Å². The summed E-state index contributed by atoms with van der Waals surface area (Å²) in [4.78, 5) is 51.1. The van der Waals surface area contributed by atoms with Gasteiger partial charge in [0.25, 0.3) is 17.5 Å². The summed E-state index contributed by atoms with van der Waals surface area (Å²) in [5, 5.41) is 13.6. The molecule has 154 valence electrons. The van der Waals surface area contributed by atoms with Gasteiger partial charge in [-0.05, 0) is 43.2 Å². The molecule has 0 aromatic heterocycles. The van der Waals surface area contributed by atoms with Crippen LogP contribution >= 0.6 is 0 Å². The van der Waals surface area contributed by atoms with Crippen molar-refractivity contribution >= 4 is 41.0 Å². The van der Waals surface area contributed by atoms with Gasteiger partial charge in [-0.2, -0.15) is 0 Å². The van der Waals surface area contributed by atoms with Gasteiger partial charge in [-0.3, -0.25) is 25.0 Å². The standard InChI is InChI=1S/C21H20N4O5/c1-12-5-7-16(13(2)9-12)24-20(27)15(19(26)22-21(24)28)10-14-6-8-17(23(3)4)18(11-14)25(29)30/h5-11H,1-4H3,(H,22,26,28)/b15-10+. The zero-order valence-corrected chi connectivity index (χ0v) is 16.9. The van der Waals surface area contributed by atoms with Crippen molar-refractivity contribution in [3.63, 3.8) is 0 Å². The van der Waals surface area contributed by atoms with Crippen LogP contribution < -0.4 is 15.1 Å². The van der Waals surface area contributed by atoms with E-state index in [2.05, 4.69) is 5.32 Å². The highest BCUT2D eigenvalue weighted by Crippen LogP contribution is 2.30. The minimum atomic E-state index is -0.856. The van der Waals surface area contributed by atoms with E-state index in [1.54, 1.807) is 44.1 Å². The van der Waals surface area contributed by atoms with Crippen molar-refractivity contribution in [2.45, 2.75) is 13.8 Å². The molecule has 0 aliphatic carbocycles. The fourth-order valence-corrected chi connectivity index (χ4v) is 3.25. The molecule has 1 N–H and O–H groups in total.